The second-order valence-corrected chi connectivity index (χ2v) is 5.64. The average Bonchev–Trinajstić information content (AvgIpc) is 2.81. The maximum absolute atomic E-state index is 14.0. The molecule has 2 aromatic rings. The number of carbonyl (C=O) groups excluding carboxylic acids is 1. The fraction of sp³-hybridized carbons (Fsp3) is 0.467. The first-order chi connectivity index (χ1) is 9.58. The standard InChI is InChI=1S/C15H18FN3O/c1-9-4-5-11(8-12(9)16)19-13(14(17)20)7-10-3-2-6-18-15(10)19/h2-3,6-7,9,11-12H,4-5,8H2,1H3,(H2,17,20). The summed E-state index contributed by atoms with van der Waals surface area (Å²) >= 11 is 0. The third kappa shape index (κ3) is 2.07. The summed E-state index contributed by atoms with van der Waals surface area (Å²) < 4.78 is 15.8. The lowest BCUT2D eigenvalue weighted by molar-refractivity contribution is 0.0978. The van der Waals surface area contributed by atoms with E-state index in [1.165, 1.54) is 0 Å². The van der Waals surface area contributed by atoms with Crippen molar-refractivity contribution in [3.63, 3.8) is 0 Å². The zero-order valence-electron chi connectivity index (χ0n) is 11.4. The van der Waals surface area contributed by atoms with E-state index in [2.05, 4.69) is 4.98 Å². The van der Waals surface area contributed by atoms with Crippen LogP contribution in [0, 0.1) is 5.92 Å². The minimum absolute atomic E-state index is 0.0453. The zero-order chi connectivity index (χ0) is 14.3. The van der Waals surface area contributed by atoms with E-state index in [9.17, 15) is 9.18 Å². The van der Waals surface area contributed by atoms with E-state index >= 15 is 0 Å². The fourth-order valence-corrected chi connectivity index (χ4v) is 3.09. The van der Waals surface area contributed by atoms with Crippen LogP contribution in [0.15, 0.2) is 24.4 Å². The van der Waals surface area contributed by atoms with Crippen LogP contribution in [0.4, 0.5) is 4.39 Å². The molecule has 0 aromatic carbocycles. The summed E-state index contributed by atoms with van der Waals surface area (Å²) in [6, 6.07) is 5.41. The quantitative estimate of drug-likeness (QED) is 0.916. The molecule has 0 aliphatic heterocycles. The van der Waals surface area contributed by atoms with Gasteiger partial charge < -0.3 is 10.3 Å². The molecule has 3 rings (SSSR count). The van der Waals surface area contributed by atoms with Crippen molar-refractivity contribution in [2.75, 3.05) is 0 Å². The van der Waals surface area contributed by atoms with Crippen LogP contribution in [0.5, 0.6) is 0 Å². The molecule has 0 saturated heterocycles. The Morgan fingerprint density at radius 2 is 2.30 bits per heavy atom. The summed E-state index contributed by atoms with van der Waals surface area (Å²) in [5, 5.41) is 0.871. The highest BCUT2D eigenvalue weighted by Gasteiger charge is 2.31. The molecule has 1 saturated carbocycles. The van der Waals surface area contributed by atoms with Gasteiger partial charge in [0.25, 0.3) is 5.91 Å². The molecule has 2 N–H and O–H groups in total. The number of aromatic nitrogens is 2. The molecule has 3 unspecified atom stereocenters. The van der Waals surface area contributed by atoms with Crippen molar-refractivity contribution in [2.45, 2.75) is 38.4 Å². The van der Waals surface area contributed by atoms with Crippen molar-refractivity contribution in [1.82, 2.24) is 9.55 Å². The van der Waals surface area contributed by atoms with Crippen LogP contribution < -0.4 is 5.73 Å². The summed E-state index contributed by atoms with van der Waals surface area (Å²) in [6.07, 6.45) is 2.93. The largest absolute Gasteiger partial charge is 0.364 e. The molecule has 4 nitrogen and oxygen atoms in total. The molecule has 106 valence electrons. The van der Waals surface area contributed by atoms with E-state index in [0.717, 1.165) is 18.2 Å². The van der Waals surface area contributed by atoms with Crippen molar-refractivity contribution >= 4 is 16.9 Å². The third-order valence-electron chi connectivity index (χ3n) is 4.28. The normalized spacial score (nSPS) is 26.8. The number of carbonyl (C=O) groups is 1. The SMILES string of the molecule is CC1CCC(n2c(C(N)=O)cc3cccnc32)CC1F. The van der Waals surface area contributed by atoms with Crippen LogP contribution in [-0.2, 0) is 0 Å². The van der Waals surface area contributed by atoms with E-state index in [4.69, 9.17) is 5.73 Å². The first kappa shape index (κ1) is 13.1. The third-order valence-corrected chi connectivity index (χ3v) is 4.28. The van der Waals surface area contributed by atoms with Crippen molar-refractivity contribution in [1.29, 1.82) is 0 Å². The summed E-state index contributed by atoms with van der Waals surface area (Å²) in [4.78, 5) is 16.0. The fourth-order valence-electron chi connectivity index (χ4n) is 3.09. The Morgan fingerprint density at radius 1 is 1.50 bits per heavy atom. The number of pyridine rings is 1. The van der Waals surface area contributed by atoms with Crippen molar-refractivity contribution in [3.8, 4) is 0 Å². The average molecular weight is 275 g/mol. The molecule has 3 atom stereocenters. The molecule has 1 aliphatic rings. The Balaban J connectivity index is 2.09. The van der Waals surface area contributed by atoms with Gasteiger partial charge in [0.05, 0.1) is 0 Å². The first-order valence-electron chi connectivity index (χ1n) is 6.97. The zero-order valence-corrected chi connectivity index (χ0v) is 11.4. The first-order valence-corrected chi connectivity index (χ1v) is 6.97. The molecule has 2 aromatic heterocycles. The number of primary amides is 1. The molecule has 0 spiro atoms. The summed E-state index contributed by atoms with van der Waals surface area (Å²) in [6.45, 7) is 1.93. The van der Waals surface area contributed by atoms with Gasteiger partial charge in [-0.1, -0.05) is 6.92 Å². The van der Waals surface area contributed by atoms with Crippen molar-refractivity contribution in [3.05, 3.63) is 30.1 Å². The van der Waals surface area contributed by atoms with Gasteiger partial charge in [-0.05, 0) is 43.4 Å². The molecule has 0 radical (unpaired) electrons. The highest BCUT2D eigenvalue weighted by Crippen LogP contribution is 2.36. The molecule has 5 heteroatoms. The van der Waals surface area contributed by atoms with Crippen LogP contribution >= 0.6 is 0 Å². The van der Waals surface area contributed by atoms with Gasteiger partial charge in [-0.2, -0.15) is 0 Å². The molecule has 1 aliphatic carbocycles. The summed E-state index contributed by atoms with van der Waals surface area (Å²) in [7, 11) is 0. The van der Waals surface area contributed by atoms with Crippen LogP contribution in [0.3, 0.4) is 0 Å². The second-order valence-electron chi connectivity index (χ2n) is 5.64. The van der Waals surface area contributed by atoms with Gasteiger partial charge in [-0.3, -0.25) is 4.79 Å². The number of alkyl halides is 1. The Hall–Kier alpha value is -1.91. The van der Waals surface area contributed by atoms with E-state index in [1.54, 1.807) is 12.3 Å². The number of nitrogens with zero attached hydrogens (tertiary/aromatic N) is 2. The second kappa shape index (κ2) is 4.89. The predicted molar refractivity (Wildman–Crippen MR) is 75.2 cm³/mol. The smallest absolute Gasteiger partial charge is 0.265 e. The van der Waals surface area contributed by atoms with Gasteiger partial charge in [0.1, 0.15) is 17.5 Å². The predicted octanol–water partition coefficient (Wildman–Crippen LogP) is 2.83. The Kier molecular flexibility index (Phi) is 3.20. The highest BCUT2D eigenvalue weighted by atomic mass is 19.1. The van der Waals surface area contributed by atoms with Crippen LogP contribution in [0.1, 0.15) is 42.7 Å². The highest BCUT2D eigenvalue weighted by molar-refractivity contribution is 5.97. The molecule has 0 bridgehead atoms. The molecule has 2 heterocycles. The molecular weight excluding hydrogens is 257 g/mol. The Labute approximate surface area is 116 Å². The van der Waals surface area contributed by atoms with Gasteiger partial charge in [-0.25, -0.2) is 9.37 Å². The minimum Gasteiger partial charge on any atom is -0.364 e. The van der Waals surface area contributed by atoms with Crippen LogP contribution in [0.25, 0.3) is 11.0 Å². The van der Waals surface area contributed by atoms with Gasteiger partial charge in [0, 0.05) is 17.6 Å². The van der Waals surface area contributed by atoms with Crippen molar-refractivity contribution in [2.24, 2.45) is 11.7 Å². The van der Waals surface area contributed by atoms with Gasteiger partial charge >= 0.3 is 0 Å². The molecule has 20 heavy (non-hydrogen) atoms. The van der Waals surface area contributed by atoms with E-state index in [-0.39, 0.29) is 12.0 Å². The molecule has 1 amide bonds. The summed E-state index contributed by atoms with van der Waals surface area (Å²) in [5.41, 5.74) is 6.60. The van der Waals surface area contributed by atoms with E-state index in [1.807, 2.05) is 23.6 Å². The lowest BCUT2D eigenvalue weighted by atomic mass is 9.85. The number of hydrogen-bond donors (Lipinski definition) is 1. The topological polar surface area (TPSA) is 60.9 Å². The molecular formula is C15H18FN3O. The number of fused-ring (bicyclic) bond motifs is 1. The number of amides is 1. The van der Waals surface area contributed by atoms with Gasteiger partial charge in [0.2, 0.25) is 0 Å². The monoisotopic (exact) mass is 275 g/mol. The van der Waals surface area contributed by atoms with Gasteiger partial charge in [0.15, 0.2) is 0 Å². The number of halogens is 1. The minimum atomic E-state index is -0.837. The Bertz CT molecular complexity index is 652. The van der Waals surface area contributed by atoms with Crippen molar-refractivity contribution < 1.29 is 9.18 Å². The van der Waals surface area contributed by atoms with E-state index in [0.29, 0.717) is 17.8 Å². The lowest BCUT2D eigenvalue weighted by Gasteiger charge is -2.31. The van der Waals surface area contributed by atoms with E-state index < -0.39 is 12.1 Å². The van der Waals surface area contributed by atoms with Gasteiger partial charge in [-0.15, -0.1) is 0 Å². The number of hydrogen-bond acceptors (Lipinski definition) is 2. The van der Waals surface area contributed by atoms with Crippen LogP contribution in [0.2, 0.25) is 0 Å². The van der Waals surface area contributed by atoms with Crippen LogP contribution in [-0.4, -0.2) is 21.6 Å². The summed E-state index contributed by atoms with van der Waals surface area (Å²) in [5.74, 6) is -0.407. The Morgan fingerprint density at radius 3 is 3.00 bits per heavy atom. The maximum Gasteiger partial charge on any atom is 0.265 e. The lowest BCUT2D eigenvalue weighted by Crippen LogP contribution is -2.29. The maximum atomic E-state index is 14.0. The molecule has 1 fully saturated rings. The number of nitrogens with two attached hydrogens (primary N) is 1. The number of rotatable bonds is 2.